The fourth-order valence-corrected chi connectivity index (χ4v) is 2.29. The Balaban J connectivity index is 2.32. The van der Waals surface area contributed by atoms with E-state index in [-0.39, 0.29) is 11.9 Å². The molecular weight excluding hydrogens is 234 g/mol. The van der Waals surface area contributed by atoms with Crippen LogP contribution in [0.1, 0.15) is 6.92 Å². The fraction of sp³-hybridized carbons (Fsp3) is 0.417. The standard InChI is InChI=1S/C12H19N3OS/c1-10(12(13)14-16)15(2)8-9-17-11-6-4-3-5-7-11/h3-7,10,16H,8-9H2,1-2H3,(H2,13,14). The van der Waals surface area contributed by atoms with Crippen LogP contribution in [0.25, 0.3) is 0 Å². The van der Waals surface area contributed by atoms with Crippen LogP contribution >= 0.6 is 11.8 Å². The first-order valence-electron chi connectivity index (χ1n) is 5.50. The van der Waals surface area contributed by atoms with Gasteiger partial charge in [0, 0.05) is 17.2 Å². The molecule has 0 aromatic heterocycles. The highest BCUT2D eigenvalue weighted by Gasteiger charge is 2.12. The molecule has 0 fully saturated rings. The van der Waals surface area contributed by atoms with E-state index in [0.717, 1.165) is 12.3 Å². The van der Waals surface area contributed by atoms with E-state index in [2.05, 4.69) is 22.2 Å². The van der Waals surface area contributed by atoms with Gasteiger partial charge in [-0.15, -0.1) is 11.8 Å². The van der Waals surface area contributed by atoms with Gasteiger partial charge in [-0.1, -0.05) is 23.4 Å². The Morgan fingerprint density at radius 1 is 1.47 bits per heavy atom. The number of hydrogen-bond donors (Lipinski definition) is 2. The molecule has 0 spiro atoms. The second-order valence-electron chi connectivity index (χ2n) is 3.84. The van der Waals surface area contributed by atoms with Gasteiger partial charge in [0.2, 0.25) is 0 Å². The highest BCUT2D eigenvalue weighted by atomic mass is 32.2. The second-order valence-corrected chi connectivity index (χ2v) is 5.01. The molecular formula is C12H19N3OS. The predicted octanol–water partition coefficient (Wildman–Crippen LogP) is 1.85. The number of thioether (sulfide) groups is 1. The average molecular weight is 253 g/mol. The van der Waals surface area contributed by atoms with Gasteiger partial charge in [-0.2, -0.15) is 0 Å². The van der Waals surface area contributed by atoms with Crippen molar-refractivity contribution in [3.8, 4) is 0 Å². The molecule has 0 saturated carbocycles. The van der Waals surface area contributed by atoms with E-state index in [9.17, 15) is 0 Å². The van der Waals surface area contributed by atoms with Crippen molar-refractivity contribution in [1.82, 2.24) is 4.90 Å². The van der Waals surface area contributed by atoms with Crippen LogP contribution in [0.2, 0.25) is 0 Å². The molecule has 1 unspecified atom stereocenters. The molecule has 0 bridgehead atoms. The molecule has 0 saturated heterocycles. The predicted molar refractivity (Wildman–Crippen MR) is 72.7 cm³/mol. The summed E-state index contributed by atoms with van der Waals surface area (Å²) in [4.78, 5) is 3.32. The van der Waals surface area contributed by atoms with Gasteiger partial charge >= 0.3 is 0 Å². The van der Waals surface area contributed by atoms with Crippen LogP contribution < -0.4 is 5.73 Å². The Morgan fingerprint density at radius 2 is 2.12 bits per heavy atom. The van der Waals surface area contributed by atoms with Crippen molar-refractivity contribution < 1.29 is 5.21 Å². The lowest BCUT2D eigenvalue weighted by atomic mass is 10.3. The zero-order valence-electron chi connectivity index (χ0n) is 10.2. The quantitative estimate of drug-likeness (QED) is 0.267. The van der Waals surface area contributed by atoms with Crippen LogP contribution in [0, 0.1) is 0 Å². The molecule has 0 aliphatic heterocycles. The van der Waals surface area contributed by atoms with E-state index in [1.807, 2.05) is 32.2 Å². The molecule has 0 amide bonds. The third-order valence-electron chi connectivity index (χ3n) is 2.66. The monoisotopic (exact) mass is 253 g/mol. The Bertz CT molecular complexity index is 356. The number of amidine groups is 1. The number of nitrogens with zero attached hydrogens (tertiary/aromatic N) is 2. The van der Waals surface area contributed by atoms with E-state index in [4.69, 9.17) is 10.9 Å². The lowest BCUT2D eigenvalue weighted by Gasteiger charge is -2.23. The summed E-state index contributed by atoms with van der Waals surface area (Å²) in [5.74, 6) is 1.22. The number of benzene rings is 1. The van der Waals surface area contributed by atoms with Gasteiger partial charge in [0.15, 0.2) is 5.84 Å². The minimum absolute atomic E-state index is 0.0450. The summed E-state index contributed by atoms with van der Waals surface area (Å²) in [7, 11) is 1.97. The third kappa shape index (κ3) is 4.66. The van der Waals surface area contributed by atoms with Crippen LogP contribution in [0.15, 0.2) is 40.4 Å². The molecule has 0 aliphatic carbocycles. The van der Waals surface area contributed by atoms with Crippen molar-refractivity contribution in [1.29, 1.82) is 0 Å². The smallest absolute Gasteiger partial charge is 0.156 e. The van der Waals surface area contributed by atoms with Crippen molar-refractivity contribution in [2.24, 2.45) is 10.9 Å². The largest absolute Gasteiger partial charge is 0.409 e. The zero-order valence-corrected chi connectivity index (χ0v) is 11.0. The minimum atomic E-state index is -0.0450. The summed E-state index contributed by atoms with van der Waals surface area (Å²) < 4.78 is 0. The number of hydrogen-bond acceptors (Lipinski definition) is 4. The lowest BCUT2D eigenvalue weighted by molar-refractivity contribution is 0.292. The Hall–Kier alpha value is -1.20. The van der Waals surface area contributed by atoms with Crippen molar-refractivity contribution in [3.63, 3.8) is 0 Å². The minimum Gasteiger partial charge on any atom is -0.409 e. The van der Waals surface area contributed by atoms with E-state index in [0.29, 0.717) is 0 Å². The molecule has 5 heteroatoms. The molecule has 1 atom stereocenters. The normalized spacial score (nSPS) is 13.9. The average Bonchev–Trinajstić information content (AvgIpc) is 2.38. The van der Waals surface area contributed by atoms with Crippen LogP contribution in [0.4, 0.5) is 0 Å². The van der Waals surface area contributed by atoms with Gasteiger partial charge < -0.3 is 10.9 Å². The Labute approximate surface area is 106 Å². The molecule has 0 radical (unpaired) electrons. The maximum absolute atomic E-state index is 8.59. The third-order valence-corrected chi connectivity index (χ3v) is 3.65. The number of oxime groups is 1. The fourth-order valence-electron chi connectivity index (χ4n) is 1.33. The summed E-state index contributed by atoms with van der Waals surface area (Å²) in [5.41, 5.74) is 5.55. The number of nitrogens with two attached hydrogens (primary N) is 1. The van der Waals surface area contributed by atoms with Gasteiger partial charge in [0.25, 0.3) is 0 Å². The number of rotatable bonds is 6. The van der Waals surface area contributed by atoms with E-state index in [1.165, 1.54) is 4.90 Å². The zero-order chi connectivity index (χ0) is 12.7. The summed E-state index contributed by atoms with van der Waals surface area (Å²) in [6.07, 6.45) is 0. The maximum atomic E-state index is 8.59. The molecule has 1 rings (SSSR count). The van der Waals surface area contributed by atoms with Gasteiger partial charge in [-0.05, 0) is 26.1 Å². The molecule has 0 heterocycles. The lowest BCUT2D eigenvalue weighted by Crippen LogP contribution is -2.41. The van der Waals surface area contributed by atoms with Crippen LogP contribution in [0.3, 0.4) is 0 Å². The van der Waals surface area contributed by atoms with Crippen molar-refractivity contribution in [2.75, 3.05) is 19.3 Å². The highest BCUT2D eigenvalue weighted by Crippen LogP contribution is 2.16. The first kappa shape index (κ1) is 13.9. The Morgan fingerprint density at radius 3 is 2.71 bits per heavy atom. The van der Waals surface area contributed by atoms with Crippen molar-refractivity contribution in [3.05, 3.63) is 30.3 Å². The van der Waals surface area contributed by atoms with Gasteiger partial charge in [-0.3, -0.25) is 4.90 Å². The molecule has 3 N–H and O–H groups in total. The SMILES string of the molecule is CC(C(N)=NO)N(C)CCSc1ccccc1. The van der Waals surface area contributed by atoms with Gasteiger partial charge in [0.1, 0.15) is 0 Å². The van der Waals surface area contributed by atoms with Crippen molar-refractivity contribution in [2.45, 2.75) is 17.9 Å². The number of likely N-dealkylation sites (N-methyl/N-ethyl adjacent to an activating group) is 1. The van der Waals surface area contributed by atoms with E-state index < -0.39 is 0 Å². The molecule has 4 nitrogen and oxygen atoms in total. The van der Waals surface area contributed by atoms with Crippen LogP contribution in [-0.2, 0) is 0 Å². The van der Waals surface area contributed by atoms with Crippen LogP contribution in [0.5, 0.6) is 0 Å². The first-order chi connectivity index (χ1) is 8.15. The first-order valence-corrected chi connectivity index (χ1v) is 6.49. The van der Waals surface area contributed by atoms with Crippen molar-refractivity contribution >= 4 is 17.6 Å². The Kier molecular flexibility index (Phi) is 5.86. The molecule has 0 aliphatic rings. The highest BCUT2D eigenvalue weighted by molar-refractivity contribution is 7.99. The van der Waals surface area contributed by atoms with Gasteiger partial charge in [-0.25, -0.2) is 0 Å². The summed E-state index contributed by atoms with van der Waals surface area (Å²) >= 11 is 1.80. The summed E-state index contributed by atoms with van der Waals surface area (Å²) in [6, 6.07) is 10.2. The van der Waals surface area contributed by atoms with Gasteiger partial charge in [0.05, 0.1) is 6.04 Å². The van der Waals surface area contributed by atoms with E-state index in [1.54, 1.807) is 11.8 Å². The molecule has 1 aromatic rings. The van der Waals surface area contributed by atoms with E-state index >= 15 is 0 Å². The molecule has 17 heavy (non-hydrogen) atoms. The second kappa shape index (κ2) is 7.19. The molecule has 1 aromatic carbocycles. The maximum Gasteiger partial charge on any atom is 0.156 e. The summed E-state index contributed by atoms with van der Waals surface area (Å²) in [5, 5.41) is 11.6. The van der Waals surface area contributed by atoms with Crippen LogP contribution in [-0.4, -0.2) is 41.3 Å². The topological polar surface area (TPSA) is 61.9 Å². The molecule has 94 valence electrons. The summed E-state index contributed by atoms with van der Waals surface area (Å²) in [6.45, 7) is 2.80.